The zero-order valence-electron chi connectivity index (χ0n) is 16.6. The van der Waals surface area contributed by atoms with E-state index in [0.29, 0.717) is 29.5 Å². The number of hydrogen-bond donors (Lipinski definition) is 2. The lowest BCUT2D eigenvalue weighted by Gasteiger charge is -2.15. The van der Waals surface area contributed by atoms with Gasteiger partial charge < -0.3 is 24.8 Å². The number of amides is 2. The SMILES string of the molecule is CCOc1ccccc1OCC(=O)OC(C)C(=O)Nc1ccc(NC(C)=O)cc1. The maximum Gasteiger partial charge on any atom is 0.344 e. The van der Waals surface area contributed by atoms with Gasteiger partial charge in [0.05, 0.1) is 6.61 Å². The first-order valence-electron chi connectivity index (χ1n) is 9.11. The molecule has 2 amide bonds. The Morgan fingerprint density at radius 3 is 2.00 bits per heavy atom. The van der Waals surface area contributed by atoms with Crippen molar-refractivity contribution in [3.63, 3.8) is 0 Å². The van der Waals surface area contributed by atoms with Gasteiger partial charge in [-0.15, -0.1) is 0 Å². The number of esters is 1. The molecule has 1 atom stereocenters. The summed E-state index contributed by atoms with van der Waals surface area (Å²) in [7, 11) is 0. The zero-order chi connectivity index (χ0) is 21.2. The van der Waals surface area contributed by atoms with Gasteiger partial charge in [-0.1, -0.05) is 12.1 Å². The number of anilines is 2. The number of ether oxygens (including phenoxy) is 3. The predicted molar refractivity (Wildman–Crippen MR) is 108 cm³/mol. The summed E-state index contributed by atoms with van der Waals surface area (Å²) < 4.78 is 16.0. The van der Waals surface area contributed by atoms with E-state index in [1.807, 2.05) is 6.92 Å². The van der Waals surface area contributed by atoms with Gasteiger partial charge in [-0.3, -0.25) is 9.59 Å². The quantitative estimate of drug-likeness (QED) is 0.627. The summed E-state index contributed by atoms with van der Waals surface area (Å²) in [5, 5.41) is 5.27. The van der Waals surface area contributed by atoms with Crippen molar-refractivity contribution in [2.45, 2.75) is 26.9 Å². The molecule has 0 heterocycles. The number of carbonyl (C=O) groups excluding carboxylic acids is 3. The van der Waals surface area contributed by atoms with Crippen LogP contribution in [0, 0.1) is 0 Å². The molecule has 0 aliphatic rings. The largest absolute Gasteiger partial charge is 0.490 e. The smallest absolute Gasteiger partial charge is 0.344 e. The normalized spacial score (nSPS) is 11.1. The van der Waals surface area contributed by atoms with E-state index in [2.05, 4.69) is 10.6 Å². The van der Waals surface area contributed by atoms with Crippen molar-refractivity contribution in [2.24, 2.45) is 0 Å². The molecule has 2 rings (SSSR count). The first kappa shape index (κ1) is 21.7. The van der Waals surface area contributed by atoms with Crippen LogP contribution in [0.4, 0.5) is 11.4 Å². The fourth-order valence-electron chi connectivity index (χ4n) is 2.35. The van der Waals surface area contributed by atoms with Crippen molar-refractivity contribution in [3.8, 4) is 11.5 Å². The molecule has 1 unspecified atom stereocenters. The third-order valence-corrected chi connectivity index (χ3v) is 3.64. The molecule has 2 aromatic rings. The molecule has 0 aliphatic carbocycles. The molecule has 0 fully saturated rings. The second-order valence-corrected chi connectivity index (χ2v) is 6.05. The molecule has 154 valence electrons. The molecule has 0 aromatic heterocycles. The topological polar surface area (TPSA) is 103 Å². The Morgan fingerprint density at radius 1 is 0.897 bits per heavy atom. The van der Waals surface area contributed by atoms with Crippen molar-refractivity contribution < 1.29 is 28.6 Å². The summed E-state index contributed by atoms with van der Waals surface area (Å²) in [5.41, 5.74) is 1.12. The highest BCUT2D eigenvalue weighted by Gasteiger charge is 2.19. The van der Waals surface area contributed by atoms with E-state index in [-0.39, 0.29) is 12.5 Å². The Hall–Kier alpha value is -3.55. The van der Waals surface area contributed by atoms with Gasteiger partial charge >= 0.3 is 5.97 Å². The van der Waals surface area contributed by atoms with Gasteiger partial charge in [0, 0.05) is 18.3 Å². The van der Waals surface area contributed by atoms with Crippen molar-refractivity contribution in [1.29, 1.82) is 0 Å². The number of hydrogen-bond acceptors (Lipinski definition) is 6. The molecular formula is C21H24N2O6. The first-order chi connectivity index (χ1) is 13.9. The van der Waals surface area contributed by atoms with E-state index in [1.54, 1.807) is 48.5 Å². The molecule has 8 heteroatoms. The molecule has 0 saturated carbocycles. The van der Waals surface area contributed by atoms with Crippen LogP contribution in [0.2, 0.25) is 0 Å². The lowest BCUT2D eigenvalue weighted by atomic mass is 10.2. The molecule has 2 aromatic carbocycles. The van der Waals surface area contributed by atoms with Crippen molar-refractivity contribution in [2.75, 3.05) is 23.8 Å². The van der Waals surface area contributed by atoms with Crippen LogP contribution in [-0.4, -0.2) is 37.1 Å². The van der Waals surface area contributed by atoms with Crippen LogP contribution >= 0.6 is 0 Å². The van der Waals surface area contributed by atoms with E-state index in [1.165, 1.54) is 13.8 Å². The maximum atomic E-state index is 12.2. The molecule has 0 aliphatic heterocycles. The van der Waals surface area contributed by atoms with E-state index in [4.69, 9.17) is 14.2 Å². The molecule has 8 nitrogen and oxygen atoms in total. The monoisotopic (exact) mass is 400 g/mol. The Bertz CT molecular complexity index is 851. The van der Waals surface area contributed by atoms with Gasteiger partial charge in [-0.25, -0.2) is 4.79 Å². The minimum absolute atomic E-state index is 0.187. The van der Waals surface area contributed by atoms with Gasteiger partial charge in [0.15, 0.2) is 24.2 Å². The number of benzene rings is 2. The van der Waals surface area contributed by atoms with Gasteiger partial charge in [-0.05, 0) is 50.2 Å². The minimum Gasteiger partial charge on any atom is -0.490 e. The van der Waals surface area contributed by atoms with Crippen LogP contribution in [0.3, 0.4) is 0 Å². The Kier molecular flexibility index (Phi) is 8.02. The van der Waals surface area contributed by atoms with Crippen LogP contribution < -0.4 is 20.1 Å². The fraction of sp³-hybridized carbons (Fsp3) is 0.286. The standard InChI is InChI=1S/C21H24N2O6/c1-4-27-18-7-5-6-8-19(18)28-13-20(25)29-14(2)21(26)23-17-11-9-16(10-12-17)22-15(3)24/h5-12,14H,4,13H2,1-3H3,(H,22,24)(H,23,26). The third-order valence-electron chi connectivity index (χ3n) is 3.64. The van der Waals surface area contributed by atoms with Crippen molar-refractivity contribution >= 4 is 29.2 Å². The van der Waals surface area contributed by atoms with Crippen molar-refractivity contribution in [1.82, 2.24) is 0 Å². The number of nitrogens with one attached hydrogen (secondary N) is 2. The molecule has 0 radical (unpaired) electrons. The highest BCUT2D eigenvalue weighted by atomic mass is 16.6. The van der Waals surface area contributed by atoms with Gasteiger partial charge in [-0.2, -0.15) is 0 Å². The highest BCUT2D eigenvalue weighted by molar-refractivity contribution is 5.95. The van der Waals surface area contributed by atoms with Crippen LogP contribution in [0.5, 0.6) is 11.5 Å². The second-order valence-electron chi connectivity index (χ2n) is 6.05. The molecule has 0 bridgehead atoms. The summed E-state index contributed by atoms with van der Waals surface area (Å²) in [6.07, 6.45) is -1.01. The van der Waals surface area contributed by atoms with Gasteiger partial charge in [0.1, 0.15) is 0 Å². The number of para-hydroxylation sites is 2. The summed E-state index contributed by atoms with van der Waals surface area (Å²) in [5.74, 6) is -0.410. The summed E-state index contributed by atoms with van der Waals surface area (Å²) in [6, 6.07) is 13.5. The van der Waals surface area contributed by atoms with Crippen LogP contribution in [-0.2, 0) is 19.1 Å². The Balaban J connectivity index is 1.82. The van der Waals surface area contributed by atoms with Gasteiger partial charge in [0.25, 0.3) is 5.91 Å². The van der Waals surface area contributed by atoms with E-state index < -0.39 is 18.0 Å². The molecular weight excluding hydrogens is 376 g/mol. The van der Waals surface area contributed by atoms with Gasteiger partial charge in [0.2, 0.25) is 5.91 Å². The van der Waals surface area contributed by atoms with Crippen LogP contribution in [0.25, 0.3) is 0 Å². The fourth-order valence-corrected chi connectivity index (χ4v) is 2.35. The Morgan fingerprint density at radius 2 is 1.45 bits per heavy atom. The zero-order valence-corrected chi connectivity index (χ0v) is 16.6. The minimum atomic E-state index is -1.01. The van der Waals surface area contributed by atoms with E-state index >= 15 is 0 Å². The van der Waals surface area contributed by atoms with E-state index in [9.17, 15) is 14.4 Å². The Labute approximate surface area is 169 Å². The predicted octanol–water partition coefficient (Wildman–Crippen LogP) is 2.99. The third kappa shape index (κ3) is 7.17. The summed E-state index contributed by atoms with van der Waals surface area (Å²) >= 11 is 0. The highest BCUT2D eigenvalue weighted by Crippen LogP contribution is 2.26. The maximum absolute atomic E-state index is 12.2. The molecule has 0 spiro atoms. The average molecular weight is 400 g/mol. The number of rotatable bonds is 9. The van der Waals surface area contributed by atoms with Crippen molar-refractivity contribution in [3.05, 3.63) is 48.5 Å². The number of carbonyl (C=O) groups is 3. The summed E-state index contributed by atoms with van der Waals surface area (Å²) in [4.78, 5) is 35.2. The molecule has 29 heavy (non-hydrogen) atoms. The lowest BCUT2D eigenvalue weighted by molar-refractivity contribution is -0.155. The molecule has 2 N–H and O–H groups in total. The van der Waals surface area contributed by atoms with Crippen LogP contribution in [0.15, 0.2) is 48.5 Å². The second kappa shape index (κ2) is 10.7. The first-order valence-corrected chi connectivity index (χ1v) is 9.11. The van der Waals surface area contributed by atoms with Crippen LogP contribution in [0.1, 0.15) is 20.8 Å². The lowest BCUT2D eigenvalue weighted by Crippen LogP contribution is -2.31. The average Bonchev–Trinajstić information content (AvgIpc) is 2.68. The molecule has 0 saturated heterocycles. The summed E-state index contributed by atoms with van der Waals surface area (Å²) in [6.45, 7) is 4.83. The van der Waals surface area contributed by atoms with E-state index in [0.717, 1.165) is 0 Å².